The van der Waals surface area contributed by atoms with E-state index in [9.17, 15) is 13.2 Å². The van der Waals surface area contributed by atoms with E-state index in [0.29, 0.717) is 16.7 Å². The van der Waals surface area contributed by atoms with Crippen molar-refractivity contribution in [3.63, 3.8) is 0 Å². The number of sulfonamides is 1. The van der Waals surface area contributed by atoms with Crippen LogP contribution in [0, 0.1) is 13.8 Å². The van der Waals surface area contributed by atoms with Crippen LogP contribution in [0.4, 0.5) is 0 Å². The molecule has 0 amide bonds. The maximum atomic E-state index is 13.1. The lowest BCUT2D eigenvalue weighted by molar-refractivity contribution is -0.137. The number of rotatable bonds is 7. The molecule has 0 aliphatic rings. The largest absolute Gasteiger partial charge is 0.481 e. The van der Waals surface area contributed by atoms with Gasteiger partial charge in [0.25, 0.3) is 0 Å². The summed E-state index contributed by atoms with van der Waals surface area (Å²) in [5.74, 6) is -1.04. The molecular formula is C17H20N2O4S. The molecule has 24 heavy (non-hydrogen) atoms. The van der Waals surface area contributed by atoms with Crippen molar-refractivity contribution in [1.82, 2.24) is 9.29 Å². The van der Waals surface area contributed by atoms with Crippen LogP contribution in [-0.4, -0.2) is 35.3 Å². The molecule has 0 fully saturated rings. The van der Waals surface area contributed by atoms with Gasteiger partial charge in [0.05, 0.1) is 11.3 Å². The average molecular weight is 348 g/mol. The van der Waals surface area contributed by atoms with Gasteiger partial charge in [-0.05, 0) is 36.6 Å². The van der Waals surface area contributed by atoms with Crippen molar-refractivity contribution in [3.05, 3.63) is 59.4 Å². The van der Waals surface area contributed by atoms with Crippen LogP contribution in [0.25, 0.3) is 0 Å². The predicted molar refractivity (Wildman–Crippen MR) is 90.0 cm³/mol. The summed E-state index contributed by atoms with van der Waals surface area (Å²) in [6.07, 6.45) is 2.92. The molecule has 128 valence electrons. The molecule has 0 unspecified atom stereocenters. The van der Waals surface area contributed by atoms with Crippen LogP contribution in [0.1, 0.15) is 23.1 Å². The number of hydrogen-bond donors (Lipinski definition) is 1. The fraction of sp³-hybridized carbons (Fsp3) is 0.294. The maximum absolute atomic E-state index is 13.1. The fourth-order valence-corrected chi connectivity index (χ4v) is 4.39. The molecular weight excluding hydrogens is 328 g/mol. The molecule has 1 aromatic heterocycles. The van der Waals surface area contributed by atoms with E-state index in [1.54, 1.807) is 56.6 Å². The molecule has 2 aromatic rings. The van der Waals surface area contributed by atoms with Crippen LogP contribution in [0.3, 0.4) is 0 Å². The zero-order chi connectivity index (χ0) is 17.7. The Morgan fingerprint density at radius 1 is 1.17 bits per heavy atom. The van der Waals surface area contributed by atoms with Gasteiger partial charge < -0.3 is 5.11 Å². The normalized spacial score (nSPS) is 11.6. The highest BCUT2D eigenvalue weighted by Gasteiger charge is 2.28. The number of aliphatic carboxylic acids is 1. The van der Waals surface area contributed by atoms with Gasteiger partial charge in [-0.15, -0.1) is 0 Å². The van der Waals surface area contributed by atoms with Gasteiger partial charge in [-0.1, -0.05) is 24.3 Å². The average Bonchev–Trinajstić information content (AvgIpc) is 2.51. The van der Waals surface area contributed by atoms with Gasteiger partial charge in [-0.2, -0.15) is 4.31 Å². The van der Waals surface area contributed by atoms with Gasteiger partial charge in [0, 0.05) is 25.5 Å². The standard InChI is InChI=1S/C17H20N2O4S/c1-13-5-3-6-14(2)17(13)24(22,23)19(10-8-16(20)21)12-15-7-4-9-18-11-15/h3-7,9,11H,8,10,12H2,1-2H3,(H,20,21). The SMILES string of the molecule is Cc1cccc(C)c1S(=O)(=O)N(CCC(=O)O)Cc1cccnc1. The first kappa shape index (κ1) is 18.1. The van der Waals surface area contributed by atoms with Crippen LogP contribution in [0.5, 0.6) is 0 Å². The summed E-state index contributed by atoms with van der Waals surface area (Å²) in [5.41, 5.74) is 1.99. The van der Waals surface area contributed by atoms with Crippen LogP contribution in [0.15, 0.2) is 47.6 Å². The smallest absolute Gasteiger partial charge is 0.304 e. The molecule has 7 heteroatoms. The van der Waals surface area contributed by atoms with Gasteiger partial charge >= 0.3 is 5.97 Å². The van der Waals surface area contributed by atoms with E-state index in [-0.39, 0.29) is 24.4 Å². The lowest BCUT2D eigenvalue weighted by Crippen LogP contribution is -2.33. The Labute approximate surface area is 141 Å². The molecule has 6 nitrogen and oxygen atoms in total. The first-order valence-corrected chi connectivity index (χ1v) is 8.93. The van der Waals surface area contributed by atoms with Crippen molar-refractivity contribution in [3.8, 4) is 0 Å². The molecule has 2 rings (SSSR count). The molecule has 0 saturated carbocycles. The second-order valence-corrected chi connectivity index (χ2v) is 7.44. The third-order valence-corrected chi connectivity index (χ3v) is 5.81. The number of aryl methyl sites for hydroxylation is 2. The Morgan fingerprint density at radius 3 is 2.38 bits per heavy atom. The molecule has 1 aromatic carbocycles. The molecule has 0 aliphatic carbocycles. The van der Waals surface area contributed by atoms with Gasteiger partial charge in [-0.3, -0.25) is 9.78 Å². The predicted octanol–water partition coefficient (Wildman–Crippen LogP) is 2.36. The Bertz CT molecular complexity index is 799. The third kappa shape index (κ3) is 4.18. The monoisotopic (exact) mass is 348 g/mol. The maximum Gasteiger partial charge on any atom is 0.304 e. The molecule has 0 aliphatic heterocycles. The van der Waals surface area contributed by atoms with Gasteiger partial charge in [0.15, 0.2) is 0 Å². The number of hydrogen-bond acceptors (Lipinski definition) is 4. The van der Waals surface area contributed by atoms with Crippen molar-refractivity contribution in [2.75, 3.05) is 6.54 Å². The van der Waals surface area contributed by atoms with Crippen LogP contribution in [0.2, 0.25) is 0 Å². The summed E-state index contributed by atoms with van der Waals surface area (Å²) in [5, 5.41) is 8.94. The minimum absolute atomic E-state index is 0.0806. The summed E-state index contributed by atoms with van der Waals surface area (Å²) in [4.78, 5) is 15.1. The molecule has 1 heterocycles. The molecule has 0 spiro atoms. The Kier molecular flexibility index (Phi) is 5.69. The second kappa shape index (κ2) is 7.55. The number of carboxylic acids is 1. The molecule has 0 atom stereocenters. The highest BCUT2D eigenvalue weighted by molar-refractivity contribution is 7.89. The molecule has 0 bridgehead atoms. The number of carbonyl (C=O) groups is 1. The van der Waals surface area contributed by atoms with E-state index in [1.807, 2.05) is 0 Å². The summed E-state index contributed by atoms with van der Waals surface area (Å²) in [6, 6.07) is 8.75. The van der Waals surface area contributed by atoms with Crippen LogP contribution in [-0.2, 0) is 21.4 Å². The van der Waals surface area contributed by atoms with E-state index in [1.165, 1.54) is 4.31 Å². The number of benzene rings is 1. The summed E-state index contributed by atoms with van der Waals surface area (Å²) in [6.45, 7) is 3.45. The Morgan fingerprint density at radius 2 is 1.83 bits per heavy atom. The number of aromatic nitrogens is 1. The molecule has 0 radical (unpaired) electrons. The quantitative estimate of drug-likeness (QED) is 0.830. The summed E-state index contributed by atoms with van der Waals surface area (Å²) < 4.78 is 27.4. The zero-order valence-corrected chi connectivity index (χ0v) is 14.5. The highest BCUT2D eigenvalue weighted by Crippen LogP contribution is 2.25. The van der Waals surface area contributed by atoms with Gasteiger partial charge in [0.2, 0.25) is 10.0 Å². The van der Waals surface area contributed by atoms with Crippen molar-refractivity contribution < 1.29 is 18.3 Å². The van der Waals surface area contributed by atoms with Gasteiger partial charge in [-0.25, -0.2) is 8.42 Å². The third-order valence-electron chi connectivity index (χ3n) is 3.66. The fourth-order valence-electron chi connectivity index (χ4n) is 2.53. The first-order valence-electron chi connectivity index (χ1n) is 7.49. The van der Waals surface area contributed by atoms with E-state index in [0.717, 1.165) is 0 Å². The van der Waals surface area contributed by atoms with E-state index in [2.05, 4.69) is 4.98 Å². The van der Waals surface area contributed by atoms with Crippen molar-refractivity contribution in [1.29, 1.82) is 0 Å². The van der Waals surface area contributed by atoms with Gasteiger partial charge in [0.1, 0.15) is 0 Å². The van der Waals surface area contributed by atoms with Crippen molar-refractivity contribution in [2.45, 2.75) is 31.7 Å². The molecule has 1 N–H and O–H groups in total. The minimum Gasteiger partial charge on any atom is -0.481 e. The second-order valence-electron chi connectivity index (χ2n) is 5.56. The number of pyridine rings is 1. The minimum atomic E-state index is -3.81. The Hall–Kier alpha value is -2.25. The highest BCUT2D eigenvalue weighted by atomic mass is 32.2. The van der Waals surface area contributed by atoms with E-state index < -0.39 is 16.0 Å². The lowest BCUT2D eigenvalue weighted by Gasteiger charge is -2.23. The summed E-state index contributed by atoms with van der Waals surface area (Å²) in [7, 11) is -3.81. The van der Waals surface area contributed by atoms with Crippen LogP contribution >= 0.6 is 0 Å². The van der Waals surface area contributed by atoms with E-state index >= 15 is 0 Å². The lowest BCUT2D eigenvalue weighted by atomic mass is 10.2. The van der Waals surface area contributed by atoms with Crippen molar-refractivity contribution >= 4 is 16.0 Å². The molecule has 0 saturated heterocycles. The zero-order valence-electron chi connectivity index (χ0n) is 13.6. The number of carboxylic acid groups (broad SMARTS) is 1. The van der Waals surface area contributed by atoms with Crippen molar-refractivity contribution in [2.24, 2.45) is 0 Å². The van der Waals surface area contributed by atoms with E-state index in [4.69, 9.17) is 5.11 Å². The topological polar surface area (TPSA) is 87.6 Å². The number of nitrogens with zero attached hydrogens (tertiary/aromatic N) is 2. The first-order chi connectivity index (χ1) is 11.3. The Balaban J connectivity index is 2.42. The summed E-state index contributed by atoms with van der Waals surface area (Å²) >= 11 is 0. The van der Waals surface area contributed by atoms with Crippen LogP contribution < -0.4 is 0 Å².